The molecule has 2 aromatic heterocycles. The van der Waals surface area contributed by atoms with Crippen molar-refractivity contribution in [2.24, 2.45) is 4.99 Å². The van der Waals surface area contributed by atoms with Crippen molar-refractivity contribution in [2.45, 2.75) is 19.9 Å². The van der Waals surface area contributed by atoms with Gasteiger partial charge in [0, 0.05) is 25.5 Å². The molecule has 2 aromatic rings. The van der Waals surface area contributed by atoms with Crippen molar-refractivity contribution in [3.05, 3.63) is 58.1 Å². The van der Waals surface area contributed by atoms with Gasteiger partial charge in [-0.15, -0.1) is 0 Å². The van der Waals surface area contributed by atoms with Gasteiger partial charge < -0.3 is 10.6 Å². The van der Waals surface area contributed by atoms with Crippen LogP contribution in [-0.4, -0.2) is 29.0 Å². The number of rotatable bonds is 6. The number of hydrogen-bond donors (Lipinski definition) is 2. The molecule has 0 aliphatic heterocycles. The Labute approximate surface area is 146 Å². The minimum atomic E-state index is 0.485. The molecule has 7 heteroatoms. The van der Waals surface area contributed by atoms with Crippen LogP contribution in [0.5, 0.6) is 0 Å². The van der Waals surface area contributed by atoms with Gasteiger partial charge in [-0.3, -0.25) is 0 Å². The first-order valence-electron chi connectivity index (χ1n) is 7.40. The van der Waals surface area contributed by atoms with Crippen LogP contribution in [0.4, 0.5) is 0 Å². The summed E-state index contributed by atoms with van der Waals surface area (Å²) in [5.41, 5.74) is 2.13. The molecule has 0 fully saturated rings. The van der Waals surface area contributed by atoms with Crippen molar-refractivity contribution in [3.8, 4) is 0 Å². The quantitative estimate of drug-likeness (QED) is 0.477. The Kier molecular flexibility index (Phi) is 7.10. The number of pyridine rings is 2. The van der Waals surface area contributed by atoms with E-state index in [-0.39, 0.29) is 0 Å². The van der Waals surface area contributed by atoms with Crippen LogP contribution in [0.25, 0.3) is 0 Å². The minimum Gasteiger partial charge on any atom is -0.357 e. The molecule has 0 aromatic carbocycles. The Balaban J connectivity index is 1.86. The summed E-state index contributed by atoms with van der Waals surface area (Å²) < 4.78 is 0. The maximum atomic E-state index is 5.78. The highest BCUT2D eigenvalue weighted by Gasteiger charge is 1.99. The summed E-state index contributed by atoms with van der Waals surface area (Å²) in [4.78, 5) is 12.7. The molecule has 0 saturated carbocycles. The van der Waals surface area contributed by atoms with Crippen LogP contribution >= 0.6 is 23.2 Å². The van der Waals surface area contributed by atoms with E-state index >= 15 is 0 Å². The molecule has 0 aliphatic rings. The molecule has 2 rings (SSSR count). The second kappa shape index (κ2) is 9.33. The third kappa shape index (κ3) is 6.42. The van der Waals surface area contributed by atoms with Crippen molar-refractivity contribution in [1.82, 2.24) is 20.6 Å². The van der Waals surface area contributed by atoms with E-state index in [0.717, 1.165) is 36.6 Å². The lowest BCUT2D eigenvalue weighted by molar-refractivity contribution is 0.797. The van der Waals surface area contributed by atoms with Crippen LogP contribution in [0.2, 0.25) is 10.3 Å². The molecule has 0 unspecified atom stereocenters. The molecular weight excluding hydrogens is 333 g/mol. The Morgan fingerprint density at radius 1 is 1.00 bits per heavy atom. The monoisotopic (exact) mass is 351 g/mol. The first-order chi connectivity index (χ1) is 11.2. The van der Waals surface area contributed by atoms with E-state index in [1.165, 1.54) is 0 Å². The lowest BCUT2D eigenvalue weighted by Gasteiger charge is -2.11. The van der Waals surface area contributed by atoms with Gasteiger partial charge >= 0.3 is 0 Å². The molecule has 23 heavy (non-hydrogen) atoms. The number of aromatic nitrogens is 2. The maximum Gasteiger partial charge on any atom is 0.191 e. The topological polar surface area (TPSA) is 62.2 Å². The fourth-order valence-corrected chi connectivity index (χ4v) is 2.12. The Hall–Kier alpha value is -1.85. The zero-order chi connectivity index (χ0) is 16.5. The zero-order valence-corrected chi connectivity index (χ0v) is 14.4. The van der Waals surface area contributed by atoms with Crippen molar-refractivity contribution < 1.29 is 0 Å². The molecule has 2 N–H and O–H groups in total. The molecule has 0 bridgehead atoms. The number of nitrogens with zero attached hydrogens (tertiary/aromatic N) is 3. The van der Waals surface area contributed by atoms with E-state index < -0.39 is 0 Å². The lowest BCUT2D eigenvalue weighted by atomic mass is 10.2. The van der Waals surface area contributed by atoms with Crippen LogP contribution in [-0.2, 0) is 13.0 Å². The second-order valence-corrected chi connectivity index (χ2v) is 5.62. The maximum absolute atomic E-state index is 5.78. The van der Waals surface area contributed by atoms with E-state index in [4.69, 9.17) is 23.2 Å². The van der Waals surface area contributed by atoms with Crippen LogP contribution in [0.1, 0.15) is 18.1 Å². The van der Waals surface area contributed by atoms with Gasteiger partial charge in [0.2, 0.25) is 0 Å². The molecule has 2 heterocycles. The van der Waals surface area contributed by atoms with Gasteiger partial charge in [-0.1, -0.05) is 35.3 Å². The minimum absolute atomic E-state index is 0.485. The SMILES string of the molecule is CCNC(=NCc1ccc(Cl)nc1)NCCc1ccc(Cl)nc1. The van der Waals surface area contributed by atoms with Crippen LogP contribution in [0.3, 0.4) is 0 Å². The molecule has 5 nitrogen and oxygen atoms in total. The summed E-state index contributed by atoms with van der Waals surface area (Å²) in [5.74, 6) is 0.768. The van der Waals surface area contributed by atoms with Gasteiger partial charge in [-0.05, 0) is 36.6 Å². The smallest absolute Gasteiger partial charge is 0.191 e. The van der Waals surface area contributed by atoms with Crippen molar-refractivity contribution in [2.75, 3.05) is 13.1 Å². The summed E-state index contributed by atoms with van der Waals surface area (Å²) in [6.45, 7) is 4.13. The van der Waals surface area contributed by atoms with E-state index in [0.29, 0.717) is 16.9 Å². The molecule has 0 amide bonds. The van der Waals surface area contributed by atoms with Gasteiger partial charge in [0.1, 0.15) is 10.3 Å². The predicted molar refractivity (Wildman–Crippen MR) is 95.0 cm³/mol. The fraction of sp³-hybridized carbons (Fsp3) is 0.312. The van der Waals surface area contributed by atoms with Crippen LogP contribution in [0, 0.1) is 0 Å². The summed E-state index contributed by atoms with van der Waals surface area (Å²) >= 11 is 11.6. The van der Waals surface area contributed by atoms with Crippen molar-refractivity contribution in [3.63, 3.8) is 0 Å². The fourth-order valence-electron chi connectivity index (χ4n) is 1.89. The largest absolute Gasteiger partial charge is 0.357 e. The Morgan fingerprint density at radius 2 is 1.65 bits per heavy atom. The van der Waals surface area contributed by atoms with Gasteiger partial charge in [-0.25, -0.2) is 15.0 Å². The normalized spacial score (nSPS) is 11.3. The summed E-state index contributed by atoms with van der Waals surface area (Å²) in [6, 6.07) is 7.45. The van der Waals surface area contributed by atoms with Crippen molar-refractivity contribution >= 4 is 29.2 Å². The van der Waals surface area contributed by atoms with Gasteiger partial charge in [0.05, 0.1) is 6.54 Å². The Morgan fingerprint density at radius 3 is 2.22 bits per heavy atom. The van der Waals surface area contributed by atoms with Gasteiger partial charge in [-0.2, -0.15) is 0 Å². The zero-order valence-electron chi connectivity index (χ0n) is 12.9. The number of aliphatic imine (C=N–C) groups is 1. The Bertz CT molecular complexity index is 626. The molecule has 0 spiro atoms. The van der Waals surface area contributed by atoms with E-state index in [1.807, 2.05) is 19.1 Å². The third-order valence-electron chi connectivity index (χ3n) is 3.05. The number of hydrogen-bond acceptors (Lipinski definition) is 3. The molecule has 122 valence electrons. The molecule has 0 atom stereocenters. The molecule has 0 radical (unpaired) electrons. The second-order valence-electron chi connectivity index (χ2n) is 4.85. The molecular formula is C16H19Cl2N5. The number of guanidine groups is 1. The van der Waals surface area contributed by atoms with E-state index in [2.05, 4.69) is 25.6 Å². The van der Waals surface area contributed by atoms with Crippen LogP contribution in [0.15, 0.2) is 41.7 Å². The predicted octanol–water partition coefficient (Wildman–Crippen LogP) is 3.08. The average molecular weight is 352 g/mol. The summed E-state index contributed by atoms with van der Waals surface area (Å²) in [5, 5.41) is 7.51. The van der Waals surface area contributed by atoms with E-state index in [9.17, 15) is 0 Å². The lowest BCUT2D eigenvalue weighted by Crippen LogP contribution is -2.38. The number of halogens is 2. The van der Waals surface area contributed by atoms with Crippen LogP contribution < -0.4 is 10.6 Å². The first-order valence-corrected chi connectivity index (χ1v) is 8.16. The third-order valence-corrected chi connectivity index (χ3v) is 3.49. The highest BCUT2D eigenvalue weighted by atomic mass is 35.5. The highest BCUT2D eigenvalue weighted by Crippen LogP contribution is 2.06. The highest BCUT2D eigenvalue weighted by molar-refractivity contribution is 6.29. The van der Waals surface area contributed by atoms with Crippen molar-refractivity contribution in [1.29, 1.82) is 0 Å². The molecule has 0 saturated heterocycles. The number of nitrogens with one attached hydrogen (secondary N) is 2. The standard InChI is InChI=1S/C16H19Cl2N5/c1-2-19-16(23-11-13-4-6-15(18)22-10-13)20-8-7-12-3-5-14(17)21-9-12/h3-6,9-10H,2,7-8,11H2,1H3,(H2,19,20,23). The average Bonchev–Trinajstić information content (AvgIpc) is 2.56. The first kappa shape index (κ1) is 17.5. The summed E-state index contributed by atoms with van der Waals surface area (Å²) in [7, 11) is 0. The molecule has 0 aliphatic carbocycles. The van der Waals surface area contributed by atoms with Gasteiger partial charge in [0.25, 0.3) is 0 Å². The van der Waals surface area contributed by atoms with Gasteiger partial charge in [0.15, 0.2) is 5.96 Å². The van der Waals surface area contributed by atoms with E-state index in [1.54, 1.807) is 24.5 Å². The summed E-state index contributed by atoms with van der Waals surface area (Å²) in [6.07, 6.45) is 4.36.